The molecule has 31 heavy (non-hydrogen) atoms. The molecule has 0 radical (unpaired) electrons. The van der Waals surface area contributed by atoms with Crippen molar-refractivity contribution in [2.24, 2.45) is 0 Å². The number of pyridine rings is 1. The van der Waals surface area contributed by atoms with E-state index in [-0.39, 0.29) is 0 Å². The lowest BCUT2D eigenvalue weighted by Crippen LogP contribution is -2.43. The molecule has 0 atom stereocenters. The predicted octanol–water partition coefficient (Wildman–Crippen LogP) is 4.25. The number of piperazine rings is 1. The lowest BCUT2D eigenvalue weighted by atomic mass is 10.2. The Morgan fingerprint density at radius 1 is 1.10 bits per heavy atom. The van der Waals surface area contributed by atoms with Gasteiger partial charge in [-0.2, -0.15) is 9.36 Å². The Bertz CT molecular complexity index is 1190. The third kappa shape index (κ3) is 3.86. The second-order valence-corrected chi connectivity index (χ2v) is 8.72. The number of nitrogens with one attached hydrogen (secondary N) is 1. The van der Waals surface area contributed by atoms with Crippen LogP contribution in [0.2, 0.25) is 5.02 Å². The van der Waals surface area contributed by atoms with Crippen LogP contribution in [0, 0.1) is 0 Å². The molecule has 0 unspecified atom stereocenters. The number of imidazole rings is 1. The fourth-order valence-corrected chi connectivity index (χ4v) is 4.71. The number of rotatable bonds is 5. The van der Waals surface area contributed by atoms with Gasteiger partial charge >= 0.3 is 0 Å². The Morgan fingerprint density at radius 2 is 1.87 bits per heavy atom. The van der Waals surface area contributed by atoms with Gasteiger partial charge in [0.15, 0.2) is 5.82 Å². The summed E-state index contributed by atoms with van der Waals surface area (Å²) in [6.07, 6.45) is 3.03. The maximum Gasteiger partial charge on any atom is 0.210 e. The van der Waals surface area contributed by atoms with Gasteiger partial charge in [0, 0.05) is 61.5 Å². The zero-order chi connectivity index (χ0) is 21.4. The minimum atomic E-state index is 0.704. The Morgan fingerprint density at radius 3 is 2.61 bits per heavy atom. The molecule has 1 aliphatic rings. The van der Waals surface area contributed by atoms with Crippen LogP contribution in [0.25, 0.3) is 17.0 Å². The van der Waals surface area contributed by atoms with Gasteiger partial charge in [0.2, 0.25) is 5.13 Å². The number of aryl methyl sites for hydroxylation is 1. The van der Waals surface area contributed by atoms with Crippen LogP contribution in [0.5, 0.6) is 0 Å². The maximum atomic E-state index is 6.02. The number of aromatic nitrogens is 4. The van der Waals surface area contributed by atoms with Gasteiger partial charge in [-0.15, -0.1) is 0 Å². The van der Waals surface area contributed by atoms with Crippen molar-refractivity contribution in [1.82, 2.24) is 24.1 Å². The molecule has 7 nitrogen and oxygen atoms in total. The molecule has 1 aliphatic heterocycles. The molecule has 4 heterocycles. The van der Waals surface area contributed by atoms with Gasteiger partial charge in [-0.05, 0) is 42.8 Å². The molecule has 0 aliphatic carbocycles. The summed E-state index contributed by atoms with van der Waals surface area (Å²) < 4.78 is 6.75. The molecule has 3 aromatic heterocycles. The van der Waals surface area contributed by atoms with E-state index in [1.165, 1.54) is 17.2 Å². The van der Waals surface area contributed by atoms with Crippen LogP contribution in [0.4, 0.5) is 16.6 Å². The van der Waals surface area contributed by atoms with Gasteiger partial charge in [0.1, 0.15) is 11.5 Å². The SMILES string of the molecule is CCc1nc2ccc(N3CCNCC3)cn2c1N(C)c1nc(-c2ccc(Cl)cc2)ns1. The van der Waals surface area contributed by atoms with E-state index < -0.39 is 0 Å². The molecule has 1 aromatic carbocycles. The van der Waals surface area contributed by atoms with Gasteiger partial charge in [-0.25, -0.2) is 4.98 Å². The minimum Gasteiger partial charge on any atom is -0.368 e. The van der Waals surface area contributed by atoms with Crippen LogP contribution >= 0.6 is 23.1 Å². The molecular weight excluding hydrogens is 430 g/mol. The first-order valence-electron chi connectivity index (χ1n) is 10.4. The minimum absolute atomic E-state index is 0.704. The summed E-state index contributed by atoms with van der Waals surface area (Å²) >= 11 is 7.40. The molecule has 1 N–H and O–H groups in total. The van der Waals surface area contributed by atoms with E-state index in [4.69, 9.17) is 21.6 Å². The number of benzene rings is 1. The van der Waals surface area contributed by atoms with E-state index in [2.05, 4.69) is 49.1 Å². The standard InChI is InChI=1S/C22H24ClN7S/c1-3-18-21(28(2)22-26-20(27-31-22)15-4-6-16(23)7-5-15)30-14-17(8-9-19(30)25-18)29-12-10-24-11-13-29/h4-9,14,24H,3,10-13H2,1-2H3. The summed E-state index contributed by atoms with van der Waals surface area (Å²) in [5.41, 5.74) is 4.15. The molecule has 160 valence electrons. The molecule has 9 heteroatoms. The predicted molar refractivity (Wildman–Crippen MR) is 128 cm³/mol. The number of fused-ring (bicyclic) bond motifs is 1. The summed E-state index contributed by atoms with van der Waals surface area (Å²) in [6.45, 7) is 6.16. The van der Waals surface area contributed by atoms with Crippen LogP contribution in [-0.4, -0.2) is 52.0 Å². The Kier molecular flexibility index (Phi) is 5.52. The normalized spacial score (nSPS) is 14.4. The van der Waals surface area contributed by atoms with Crippen molar-refractivity contribution in [1.29, 1.82) is 0 Å². The van der Waals surface area contributed by atoms with Crippen LogP contribution in [0.15, 0.2) is 42.6 Å². The van der Waals surface area contributed by atoms with Crippen molar-refractivity contribution in [3.63, 3.8) is 0 Å². The first kappa shape index (κ1) is 20.2. The third-order valence-electron chi connectivity index (χ3n) is 5.59. The lowest BCUT2D eigenvalue weighted by molar-refractivity contribution is 0.588. The largest absolute Gasteiger partial charge is 0.368 e. The number of hydrogen-bond acceptors (Lipinski definition) is 7. The summed E-state index contributed by atoms with van der Waals surface area (Å²) in [6, 6.07) is 11.9. The van der Waals surface area contributed by atoms with E-state index in [0.29, 0.717) is 10.8 Å². The van der Waals surface area contributed by atoms with Crippen molar-refractivity contribution in [2.45, 2.75) is 13.3 Å². The molecule has 4 aromatic rings. The average molecular weight is 454 g/mol. The number of halogens is 1. The molecule has 0 amide bonds. The fraction of sp³-hybridized carbons (Fsp3) is 0.318. The van der Waals surface area contributed by atoms with Crippen molar-refractivity contribution in [3.05, 3.63) is 53.3 Å². The molecule has 1 fully saturated rings. The second-order valence-electron chi connectivity index (χ2n) is 7.55. The molecular formula is C22H24ClN7S. The van der Waals surface area contributed by atoms with E-state index >= 15 is 0 Å². The third-order valence-corrected chi connectivity index (χ3v) is 6.63. The molecule has 0 bridgehead atoms. The maximum absolute atomic E-state index is 6.02. The Balaban J connectivity index is 1.53. The lowest BCUT2D eigenvalue weighted by Gasteiger charge is -2.29. The molecule has 5 rings (SSSR count). The Hall–Kier alpha value is -2.68. The monoisotopic (exact) mass is 453 g/mol. The van der Waals surface area contributed by atoms with Crippen LogP contribution < -0.4 is 15.1 Å². The molecule has 1 saturated heterocycles. The number of anilines is 3. The summed E-state index contributed by atoms with van der Waals surface area (Å²) in [7, 11) is 2.03. The van der Waals surface area contributed by atoms with Crippen molar-refractivity contribution in [2.75, 3.05) is 43.0 Å². The summed E-state index contributed by atoms with van der Waals surface area (Å²) in [5.74, 6) is 1.74. The van der Waals surface area contributed by atoms with E-state index in [1.54, 1.807) is 0 Å². The highest BCUT2D eigenvalue weighted by molar-refractivity contribution is 7.10. The van der Waals surface area contributed by atoms with Crippen molar-refractivity contribution < 1.29 is 0 Å². The molecule has 0 saturated carbocycles. The summed E-state index contributed by atoms with van der Waals surface area (Å²) in [4.78, 5) is 14.2. The van der Waals surface area contributed by atoms with Crippen LogP contribution in [-0.2, 0) is 6.42 Å². The fourth-order valence-electron chi connectivity index (χ4n) is 3.93. The van der Waals surface area contributed by atoms with E-state index in [9.17, 15) is 0 Å². The highest BCUT2D eigenvalue weighted by atomic mass is 35.5. The zero-order valence-electron chi connectivity index (χ0n) is 17.5. The van der Waals surface area contributed by atoms with E-state index in [0.717, 1.165) is 60.5 Å². The second kappa shape index (κ2) is 8.45. The first-order chi connectivity index (χ1) is 15.1. The zero-order valence-corrected chi connectivity index (χ0v) is 19.1. The smallest absolute Gasteiger partial charge is 0.210 e. The Labute approximate surface area is 190 Å². The average Bonchev–Trinajstić information content (AvgIpc) is 3.44. The van der Waals surface area contributed by atoms with Gasteiger partial charge in [0.25, 0.3) is 0 Å². The van der Waals surface area contributed by atoms with Crippen molar-refractivity contribution in [3.8, 4) is 11.4 Å². The van der Waals surface area contributed by atoms with Crippen molar-refractivity contribution >= 4 is 45.4 Å². The highest BCUT2D eigenvalue weighted by Gasteiger charge is 2.21. The van der Waals surface area contributed by atoms with Gasteiger partial charge in [-0.1, -0.05) is 18.5 Å². The first-order valence-corrected chi connectivity index (χ1v) is 11.6. The van der Waals surface area contributed by atoms with E-state index in [1.807, 2.05) is 31.3 Å². The molecule has 0 spiro atoms. The van der Waals surface area contributed by atoms with Gasteiger partial charge < -0.3 is 15.1 Å². The van der Waals surface area contributed by atoms with Crippen LogP contribution in [0.1, 0.15) is 12.6 Å². The topological polar surface area (TPSA) is 61.6 Å². The quantitative estimate of drug-likeness (QED) is 0.487. The van der Waals surface area contributed by atoms with Gasteiger partial charge in [0.05, 0.1) is 11.4 Å². The highest BCUT2D eigenvalue weighted by Crippen LogP contribution is 2.33. The van der Waals surface area contributed by atoms with Gasteiger partial charge in [-0.3, -0.25) is 4.40 Å². The van der Waals surface area contributed by atoms with Crippen LogP contribution in [0.3, 0.4) is 0 Å². The number of hydrogen-bond donors (Lipinski definition) is 1. The number of nitrogens with zero attached hydrogens (tertiary/aromatic N) is 6. The summed E-state index contributed by atoms with van der Waals surface area (Å²) in [5, 5.41) is 4.95.